The third-order valence-electron chi connectivity index (χ3n) is 5.27. The summed E-state index contributed by atoms with van der Waals surface area (Å²) in [6.45, 7) is 6.59. The molecule has 0 bridgehead atoms. The SMILES string of the molecule is C=Cc1nc(N2CCC(CC#N)CC2)nc(Nc2ccc(OC(C)F)cc2)c1C(=O)NC. The fraction of sp³-hybridized carbons (Fsp3) is 0.391. The van der Waals surface area contributed by atoms with Gasteiger partial charge in [-0.05, 0) is 49.1 Å². The van der Waals surface area contributed by atoms with Gasteiger partial charge in [-0.2, -0.15) is 10.2 Å². The summed E-state index contributed by atoms with van der Waals surface area (Å²) in [5.41, 5.74) is 1.35. The summed E-state index contributed by atoms with van der Waals surface area (Å²) in [6.07, 6.45) is 2.44. The zero-order valence-electron chi connectivity index (χ0n) is 18.3. The van der Waals surface area contributed by atoms with Gasteiger partial charge in [0, 0.05) is 39.2 Å². The highest BCUT2D eigenvalue weighted by molar-refractivity contribution is 6.02. The van der Waals surface area contributed by atoms with Gasteiger partial charge in [0.25, 0.3) is 5.91 Å². The predicted molar refractivity (Wildman–Crippen MR) is 122 cm³/mol. The Balaban J connectivity index is 1.92. The number of carbonyl (C=O) groups excluding carboxylic acids is 1. The van der Waals surface area contributed by atoms with E-state index < -0.39 is 6.36 Å². The topological polar surface area (TPSA) is 103 Å². The minimum absolute atomic E-state index is 0.281. The third-order valence-corrected chi connectivity index (χ3v) is 5.27. The average Bonchev–Trinajstić information content (AvgIpc) is 2.79. The van der Waals surface area contributed by atoms with Crippen LogP contribution >= 0.6 is 0 Å². The molecule has 0 saturated carbocycles. The number of alkyl halides is 1. The maximum absolute atomic E-state index is 13.1. The van der Waals surface area contributed by atoms with E-state index in [9.17, 15) is 9.18 Å². The normalized spacial score (nSPS) is 14.9. The van der Waals surface area contributed by atoms with Crippen LogP contribution in [0.4, 0.5) is 21.8 Å². The minimum Gasteiger partial charge on any atom is -0.461 e. The number of hydrogen-bond acceptors (Lipinski definition) is 7. The van der Waals surface area contributed by atoms with Gasteiger partial charge in [0.1, 0.15) is 17.1 Å². The van der Waals surface area contributed by atoms with E-state index in [0.717, 1.165) is 25.9 Å². The van der Waals surface area contributed by atoms with Crippen LogP contribution in [0.25, 0.3) is 6.08 Å². The van der Waals surface area contributed by atoms with Crippen molar-refractivity contribution in [3.8, 4) is 11.8 Å². The molecule has 9 heteroatoms. The number of rotatable bonds is 8. The Morgan fingerprint density at radius 3 is 2.62 bits per heavy atom. The van der Waals surface area contributed by atoms with E-state index in [1.54, 1.807) is 24.3 Å². The molecule has 8 nitrogen and oxygen atoms in total. The predicted octanol–water partition coefficient (Wildman–Crippen LogP) is 4.05. The fourth-order valence-corrected chi connectivity index (χ4v) is 3.60. The van der Waals surface area contributed by atoms with Crippen molar-refractivity contribution in [3.63, 3.8) is 0 Å². The Morgan fingerprint density at radius 1 is 1.38 bits per heavy atom. The highest BCUT2D eigenvalue weighted by Crippen LogP contribution is 2.29. The van der Waals surface area contributed by atoms with Crippen LogP contribution in [0.5, 0.6) is 5.75 Å². The van der Waals surface area contributed by atoms with Crippen molar-refractivity contribution in [1.29, 1.82) is 5.26 Å². The Kier molecular flexibility index (Phi) is 7.60. The van der Waals surface area contributed by atoms with Crippen molar-refractivity contribution in [1.82, 2.24) is 15.3 Å². The van der Waals surface area contributed by atoms with Crippen LogP contribution in [-0.2, 0) is 0 Å². The second-order valence-corrected chi connectivity index (χ2v) is 7.52. The number of halogens is 1. The van der Waals surface area contributed by atoms with Crippen LogP contribution in [0.15, 0.2) is 30.8 Å². The molecule has 1 atom stereocenters. The molecule has 0 radical (unpaired) electrons. The molecule has 1 unspecified atom stereocenters. The molecule has 2 aromatic rings. The molecule has 32 heavy (non-hydrogen) atoms. The summed E-state index contributed by atoms with van der Waals surface area (Å²) >= 11 is 0. The lowest BCUT2D eigenvalue weighted by molar-refractivity contribution is 0.0860. The first-order chi connectivity index (χ1) is 15.4. The summed E-state index contributed by atoms with van der Waals surface area (Å²) in [5.74, 6) is 1.28. The Morgan fingerprint density at radius 2 is 2.06 bits per heavy atom. The monoisotopic (exact) mass is 438 g/mol. The van der Waals surface area contributed by atoms with E-state index in [1.807, 2.05) is 0 Å². The summed E-state index contributed by atoms with van der Waals surface area (Å²) in [5, 5.41) is 14.7. The van der Waals surface area contributed by atoms with Crippen molar-refractivity contribution >= 4 is 29.4 Å². The molecule has 2 N–H and O–H groups in total. The first-order valence-corrected chi connectivity index (χ1v) is 10.5. The van der Waals surface area contributed by atoms with Gasteiger partial charge in [-0.25, -0.2) is 9.37 Å². The van der Waals surface area contributed by atoms with Gasteiger partial charge in [0.05, 0.1) is 11.8 Å². The highest BCUT2D eigenvalue weighted by atomic mass is 19.1. The van der Waals surface area contributed by atoms with Crippen molar-refractivity contribution in [3.05, 3.63) is 42.1 Å². The number of amides is 1. The second-order valence-electron chi connectivity index (χ2n) is 7.52. The number of hydrogen-bond donors (Lipinski definition) is 2. The number of ether oxygens (including phenoxy) is 1. The molecule has 1 aliphatic rings. The summed E-state index contributed by atoms with van der Waals surface area (Å²) in [6, 6.07) is 8.94. The smallest absolute Gasteiger partial charge is 0.257 e. The molecule has 1 fully saturated rings. The van der Waals surface area contributed by atoms with E-state index in [-0.39, 0.29) is 11.5 Å². The van der Waals surface area contributed by atoms with Crippen LogP contribution in [0, 0.1) is 17.2 Å². The number of benzene rings is 1. The number of anilines is 3. The van der Waals surface area contributed by atoms with Gasteiger partial charge in [-0.1, -0.05) is 6.58 Å². The van der Waals surface area contributed by atoms with E-state index in [4.69, 9.17) is 10.00 Å². The number of aromatic nitrogens is 2. The molecule has 1 amide bonds. The number of nitrogens with one attached hydrogen (secondary N) is 2. The molecule has 0 aliphatic carbocycles. The van der Waals surface area contributed by atoms with Gasteiger partial charge >= 0.3 is 0 Å². The van der Waals surface area contributed by atoms with Crippen LogP contribution in [0.1, 0.15) is 42.2 Å². The fourth-order valence-electron chi connectivity index (χ4n) is 3.60. The van der Waals surface area contributed by atoms with Gasteiger partial charge in [0.15, 0.2) is 0 Å². The maximum atomic E-state index is 13.1. The lowest BCUT2D eigenvalue weighted by atomic mass is 9.94. The zero-order valence-corrected chi connectivity index (χ0v) is 18.3. The van der Waals surface area contributed by atoms with Crippen molar-refractivity contribution in [2.45, 2.75) is 32.5 Å². The molecular formula is C23H27FN6O2. The zero-order chi connectivity index (χ0) is 23.1. The minimum atomic E-state index is -1.41. The molecule has 0 spiro atoms. The van der Waals surface area contributed by atoms with Crippen molar-refractivity contribution in [2.24, 2.45) is 5.92 Å². The summed E-state index contributed by atoms with van der Waals surface area (Å²) in [7, 11) is 1.54. The molecule has 1 saturated heterocycles. The van der Waals surface area contributed by atoms with Crippen LogP contribution < -0.4 is 20.3 Å². The number of carbonyl (C=O) groups is 1. The van der Waals surface area contributed by atoms with E-state index in [1.165, 1.54) is 20.0 Å². The standard InChI is InChI=1S/C23H27FN6O2/c1-4-19-20(22(31)26-3)21(27-17-5-7-18(8-6-17)32-15(2)24)29-23(28-19)30-13-10-16(9-12-25)11-14-30/h4-8,15-16H,1,9-11,13-14H2,2-3H3,(H,26,31)(H,27,28,29). The third kappa shape index (κ3) is 5.52. The van der Waals surface area contributed by atoms with Crippen LogP contribution in [0.2, 0.25) is 0 Å². The first kappa shape index (κ1) is 23.0. The average molecular weight is 439 g/mol. The summed E-state index contributed by atoms with van der Waals surface area (Å²) < 4.78 is 18.1. The Labute approximate surface area is 187 Å². The van der Waals surface area contributed by atoms with Gasteiger partial charge in [-0.3, -0.25) is 4.79 Å². The molecule has 3 rings (SSSR count). The van der Waals surface area contributed by atoms with E-state index in [2.05, 4.69) is 38.1 Å². The largest absolute Gasteiger partial charge is 0.461 e. The highest BCUT2D eigenvalue weighted by Gasteiger charge is 2.25. The van der Waals surface area contributed by atoms with E-state index >= 15 is 0 Å². The van der Waals surface area contributed by atoms with Gasteiger partial charge in [0.2, 0.25) is 12.3 Å². The van der Waals surface area contributed by atoms with Crippen LogP contribution in [0.3, 0.4) is 0 Å². The maximum Gasteiger partial charge on any atom is 0.257 e. The number of nitriles is 1. The first-order valence-electron chi connectivity index (χ1n) is 10.5. The second kappa shape index (κ2) is 10.6. The molecule has 2 heterocycles. The van der Waals surface area contributed by atoms with Crippen molar-refractivity contribution < 1.29 is 13.9 Å². The van der Waals surface area contributed by atoms with Gasteiger partial charge in [-0.15, -0.1) is 0 Å². The Hall–Kier alpha value is -3.67. The quantitative estimate of drug-likeness (QED) is 0.641. The van der Waals surface area contributed by atoms with Crippen LogP contribution in [-0.4, -0.2) is 42.4 Å². The van der Waals surface area contributed by atoms with E-state index in [0.29, 0.717) is 41.2 Å². The molecule has 1 aromatic carbocycles. The number of nitrogens with zero attached hydrogens (tertiary/aromatic N) is 4. The Bertz CT molecular complexity index is 995. The lowest BCUT2D eigenvalue weighted by Gasteiger charge is -2.31. The molecule has 168 valence electrons. The lowest BCUT2D eigenvalue weighted by Crippen LogP contribution is -2.35. The number of piperidine rings is 1. The van der Waals surface area contributed by atoms with Crippen molar-refractivity contribution in [2.75, 3.05) is 30.4 Å². The molecule has 1 aromatic heterocycles. The van der Waals surface area contributed by atoms with Gasteiger partial charge < -0.3 is 20.3 Å². The molecule has 1 aliphatic heterocycles. The molecular weight excluding hydrogens is 411 g/mol. The summed E-state index contributed by atoms with van der Waals surface area (Å²) in [4.78, 5) is 23.9.